The van der Waals surface area contributed by atoms with Gasteiger partial charge in [-0.15, -0.1) is 0 Å². The molecule has 0 aromatic rings. The molecule has 0 rings (SSSR count). The average Bonchev–Trinajstić information content (AvgIpc) is 2.22. The molecule has 0 aliphatic carbocycles. The average molecular weight is 218 g/mol. The van der Waals surface area contributed by atoms with Gasteiger partial charge in [-0.05, 0) is 14.1 Å². The van der Waals surface area contributed by atoms with Gasteiger partial charge in [-0.2, -0.15) is 0 Å². The third kappa shape index (κ3) is 3.49. The molecule has 0 fully saturated rings. The van der Waals surface area contributed by atoms with Crippen LogP contribution in [0.15, 0.2) is 0 Å². The summed E-state index contributed by atoms with van der Waals surface area (Å²) in [5.74, 6) is -1.72. The van der Waals surface area contributed by atoms with Gasteiger partial charge in [0, 0.05) is 6.54 Å². The molecule has 0 bridgehead atoms. The number of esters is 2. The highest BCUT2D eigenvalue weighted by atomic mass is 16.5. The van der Waals surface area contributed by atoms with E-state index in [2.05, 4.69) is 9.47 Å². The fraction of sp³-hybridized carbons (Fsp3) is 0.778. The van der Waals surface area contributed by atoms with Crippen molar-refractivity contribution in [3.05, 3.63) is 0 Å². The van der Waals surface area contributed by atoms with E-state index in [0.29, 0.717) is 0 Å². The molecule has 2 unspecified atom stereocenters. The number of hydrogen-bond donors (Lipinski definition) is 1. The molecule has 0 spiro atoms. The number of nitrogens with two attached hydrogens (primary N) is 1. The van der Waals surface area contributed by atoms with Crippen molar-refractivity contribution in [3.8, 4) is 0 Å². The van der Waals surface area contributed by atoms with Gasteiger partial charge in [0.1, 0.15) is 6.04 Å². The fourth-order valence-electron chi connectivity index (χ4n) is 1.36. The lowest BCUT2D eigenvalue weighted by molar-refractivity contribution is -0.157. The van der Waals surface area contributed by atoms with Crippen LogP contribution in [0.1, 0.15) is 0 Å². The zero-order valence-electron chi connectivity index (χ0n) is 9.52. The van der Waals surface area contributed by atoms with Crippen molar-refractivity contribution in [3.63, 3.8) is 0 Å². The van der Waals surface area contributed by atoms with Crippen LogP contribution < -0.4 is 5.73 Å². The second kappa shape index (κ2) is 6.36. The molecule has 0 aromatic heterocycles. The summed E-state index contributed by atoms with van der Waals surface area (Å²) in [6.45, 7) is 0.0324. The van der Waals surface area contributed by atoms with Gasteiger partial charge in [0.25, 0.3) is 0 Å². The van der Waals surface area contributed by atoms with Crippen molar-refractivity contribution in [1.29, 1.82) is 0 Å². The Morgan fingerprint density at radius 1 is 1.20 bits per heavy atom. The lowest BCUT2D eigenvalue weighted by Gasteiger charge is -2.27. The number of carbonyl (C=O) groups excluding carboxylic acids is 2. The van der Waals surface area contributed by atoms with E-state index in [4.69, 9.17) is 5.73 Å². The number of hydrogen-bond acceptors (Lipinski definition) is 6. The maximum absolute atomic E-state index is 11.4. The van der Waals surface area contributed by atoms with Gasteiger partial charge in [0.05, 0.1) is 20.1 Å². The second-order valence-electron chi connectivity index (χ2n) is 3.30. The lowest BCUT2D eigenvalue weighted by Crippen LogP contribution is -2.49. The molecule has 0 aromatic carbocycles. The smallest absolute Gasteiger partial charge is 0.324 e. The van der Waals surface area contributed by atoms with Gasteiger partial charge in [-0.1, -0.05) is 0 Å². The van der Waals surface area contributed by atoms with Crippen molar-refractivity contribution in [2.45, 2.75) is 6.04 Å². The molecule has 0 saturated heterocycles. The normalized spacial score (nSPS) is 14.5. The predicted octanol–water partition coefficient (Wildman–Crippen LogP) is -1.16. The Hall–Kier alpha value is -1.14. The first-order valence-electron chi connectivity index (χ1n) is 4.51. The second-order valence-corrected chi connectivity index (χ2v) is 3.30. The monoisotopic (exact) mass is 218 g/mol. The molecule has 2 N–H and O–H groups in total. The van der Waals surface area contributed by atoms with E-state index in [1.165, 1.54) is 14.2 Å². The molecule has 88 valence electrons. The Bertz CT molecular complexity index is 230. The van der Waals surface area contributed by atoms with Gasteiger partial charge in [-0.25, -0.2) is 0 Å². The predicted molar refractivity (Wildman–Crippen MR) is 54.1 cm³/mol. The number of ether oxygens (including phenoxy) is 2. The van der Waals surface area contributed by atoms with Gasteiger partial charge < -0.3 is 15.2 Å². The molecule has 0 radical (unpaired) electrons. The molecule has 0 saturated carbocycles. The third-order valence-electron chi connectivity index (χ3n) is 2.14. The van der Waals surface area contributed by atoms with Crippen LogP contribution in [0.4, 0.5) is 0 Å². The van der Waals surface area contributed by atoms with E-state index < -0.39 is 23.9 Å². The van der Waals surface area contributed by atoms with E-state index in [-0.39, 0.29) is 6.54 Å². The summed E-state index contributed by atoms with van der Waals surface area (Å²) < 4.78 is 9.18. The Balaban J connectivity index is 4.86. The quantitative estimate of drug-likeness (QED) is 0.586. The van der Waals surface area contributed by atoms with E-state index in [1.54, 1.807) is 19.0 Å². The third-order valence-corrected chi connectivity index (χ3v) is 2.14. The van der Waals surface area contributed by atoms with Crippen LogP contribution in [0.2, 0.25) is 0 Å². The van der Waals surface area contributed by atoms with Gasteiger partial charge in [0.2, 0.25) is 0 Å². The van der Waals surface area contributed by atoms with Crippen LogP contribution in [0.5, 0.6) is 0 Å². The lowest BCUT2D eigenvalue weighted by atomic mass is 9.99. The molecule has 2 atom stereocenters. The van der Waals surface area contributed by atoms with Crippen LogP contribution in [-0.2, 0) is 19.1 Å². The molecular formula is C9H18N2O4. The molecule has 15 heavy (non-hydrogen) atoms. The maximum Gasteiger partial charge on any atom is 0.324 e. The van der Waals surface area contributed by atoms with Gasteiger partial charge in [0.15, 0.2) is 0 Å². The molecular weight excluding hydrogens is 200 g/mol. The Kier molecular flexibility index (Phi) is 5.88. The zero-order valence-corrected chi connectivity index (χ0v) is 9.52. The minimum Gasteiger partial charge on any atom is -0.469 e. The molecule has 6 heteroatoms. The van der Waals surface area contributed by atoms with Crippen molar-refractivity contribution in [2.24, 2.45) is 11.7 Å². The van der Waals surface area contributed by atoms with Crippen LogP contribution >= 0.6 is 0 Å². The number of rotatable bonds is 5. The largest absolute Gasteiger partial charge is 0.469 e. The Morgan fingerprint density at radius 2 is 1.67 bits per heavy atom. The first kappa shape index (κ1) is 13.9. The fourth-order valence-corrected chi connectivity index (χ4v) is 1.36. The Morgan fingerprint density at radius 3 is 1.93 bits per heavy atom. The standard InChI is InChI=1S/C9H18N2O4/c1-11(2)7(9(13)15-4)6(5-10)8(12)14-3/h6-7H,5,10H2,1-4H3. The maximum atomic E-state index is 11.4. The van der Waals surface area contributed by atoms with E-state index in [9.17, 15) is 9.59 Å². The number of methoxy groups -OCH3 is 2. The van der Waals surface area contributed by atoms with Crippen LogP contribution in [0.25, 0.3) is 0 Å². The minimum atomic E-state index is -0.715. The first-order valence-corrected chi connectivity index (χ1v) is 4.51. The summed E-state index contributed by atoms with van der Waals surface area (Å²) in [6.07, 6.45) is 0. The van der Waals surface area contributed by atoms with Gasteiger partial charge in [-0.3, -0.25) is 14.5 Å². The Labute approximate surface area is 89.3 Å². The number of carbonyl (C=O) groups is 2. The topological polar surface area (TPSA) is 81.9 Å². The summed E-state index contributed by atoms with van der Waals surface area (Å²) in [5.41, 5.74) is 5.45. The van der Waals surface area contributed by atoms with E-state index in [1.807, 2.05) is 0 Å². The molecule has 0 amide bonds. The summed E-state index contributed by atoms with van der Waals surface area (Å²) in [4.78, 5) is 24.4. The van der Waals surface area contributed by atoms with Crippen LogP contribution in [0, 0.1) is 5.92 Å². The van der Waals surface area contributed by atoms with Crippen molar-refractivity contribution >= 4 is 11.9 Å². The highest BCUT2D eigenvalue weighted by Crippen LogP contribution is 2.11. The molecule has 6 nitrogen and oxygen atoms in total. The SMILES string of the molecule is COC(=O)C(CN)C(C(=O)OC)N(C)C. The van der Waals surface area contributed by atoms with Crippen molar-refractivity contribution in [2.75, 3.05) is 34.9 Å². The van der Waals surface area contributed by atoms with E-state index >= 15 is 0 Å². The number of likely N-dealkylation sites (N-methyl/N-ethyl adjacent to an activating group) is 1. The summed E-state index contributed by atoms with van der Waals surface area (Å²) in [5, 5.41) is 0. The summed E-state index contributed by atoms with van der Waals surface area (Å²) in [6, 6.07) is -0.715. The zero-order chi connectivity index (χ0) is 12.0. The highest BCUT2D eigenvalue weighted by Gasteiger charge is 2.35. The van der Waals surface area contributed by atoms with Crippen molar-refractivity contribution < 1.29 is 19.1 Å². The minimum absolute atomic E-state index is 0.0324. The summed E-state index contributed by atoms with van der Waals surface area (Å²) in [7, 11) is 5.87. The van der Waals surface area contributed by atoms with Crippen molar-refractivity contribution in [1.82, 2.24) is 4.90 Å². The molecule has 0 heterocycles. The highest BCUT2D eigenvalue weighted by molar-refractivity contribution is 5.84. The summed E-state index contributed by atoms with van der Waals surface area (Å²) >= 11 is 0. The number of nitrogens with zero attached hydrogens (tertiary/aromatic N) is 1. The van der Waals surface area contributed by atoms with Crippen LogP contribution in [-0.4, -0.2) is 57.7 Å². The molecule has 0 aliphatic rings. The van der Waals surface area contributed by atoms with Crippen LogP contribution in [0.3, 0.4) is 0 Å². The first-order chi connectivity index (χ1) is 6.99. The van der Waals surface area contributed by atoms with Gasteiger partial charge >= 0.3 is 11.9 Å². The molecule has 0 aliphatic heterocycles. The van der Waals surface area contributed by atoms with E-state index in [0.717, 1.165) is 0 Å².